The molecular weight excluding hydrogens is 246 g/mol. The summed E-state index contributed by atoms with van der Waals surface area (Å²) in [5, 5.41) is 12.3. The lowest BCUT2D eigenvalue weighted by atomic mass is 9.97. The molecule has 6 heteroatoms. The molecule has 1 aromatic carbocycles. The number of anilines is 1. The van der Waals surface area contributed by atoms with Gasteiger partial charge in [0.15, 0.2) is 0 Å². The van der Waals surface area contributed by atoms with Crippen LogP contribution in [0, 0.1) is 0 Å². The van der Waals surface area contributed by atoms with Crippen LogP contribution in [0.15, 0.2) is 18.2 Å². The summed E-state index contributed by atoms with van der Waals surface area (Å²) in [6, 6.07) is 4.33. The minimum atomic E-state index is -0.910. The van der Waals surface area contributed by atoms with Crippen molar-refractivity contribution in [1.29, 1.82) is 0 Å². The first-order chi connectivity index (χ1) is 8.84. The van der Waals surface area contributed by atoms with Crippen LogP contribution >= 0.6 is 0 Å². The second-order valence-corrected chi connectivity index (χ2v) is 5.05. The molecule has 1 aromatic rings. The van der Waals surface area contributed by atoms with Crippen molar-refractivity contribution in [2.45, 2.75) is 19.4 Å². The van der Waals surface area contributed by atoms with Crippen LogP contribution < -0.4 is 11.1 Å². The molecule has 0 saturated carbocycles. The molecule has 0 atom stereocenters. The number of rotatable bonds is 1. The van der Waals surface area contributed by atoms with Crippen LogP contribution in [0.5, 0.6) is 5.75 Å². The maximum absolute atomic E-state index is 12.4. The molecule has 2 rings (SSSR count). The highest BCUT2D eigenvalue weighted by atomic mass is 16.3. The summed E-state index contributed by atoms with van der Waals surface area (Å²) in [5.74, 6) is -0.618. The smallest absolute Gasteiger partial charge is 0.254 e. The van der Waals surface area contributed by atoms with Crippen LogP contribution in [-0.2, 0) is 4.79 Å². The van der Waals surface area contributed by atoms with Gasteiger partial charge >= 0.3 is 0 Å². The number of nitrogen functional groups attached to an aromatic ring is 1. The van der Waals surface area contributed by atoms with Gasteiger partial charge in [0.1, 0.15) is 11.3 Å². The number of phenols is 1. The van der Waals surface area contributed by atoms with E-state index in [4.69, 9.17) is 5.73 Å². The summed E-state index contributed by atoms with van der Waals surface area (Å²) >= 11 is 0. The van der Waals surface area contributed by atoms with E-state index in [1.165, 1.54) is 17.0 Å². The Morgan fingerprint density at radius 1 is 1.47 bits per heavy atom. The number of phenolic OH excluding ortho intramolecular Hbond substituents is 1. The van der Waals surface area contributed by atoms with Gasteiger partial charge in [-0.1, -0.05) is 0 Å². The third-order valence-electron chi connectivity index (χ3n) is 3.37. The molecule has 0 aliphatic carbocycles. The van der Waals surface area contributed by atoms with Gasteiger partial charge in [-0.3, -0.25) is 9.59 Å². The zero-order valence-electron chi connectivity index (χ0n) is 10.9. The van der Waals surface area contributed by atoms with Gasteiger partial charge in [0.05, 0.1) is 5.69 Å². The van der Waals surface area contributed by atoms with E-state index >= 15 is 0 Å². The molecule has 1 fully saturated rings. The number of piperazine rings is 1. The van der Waals surface area contributed by atoms with E-state index in [1.54, 1.807) is 19.9 Å². The number of amides is 2. The Bertz CT molecular complexity index is 540. The van der Waals surface area contributed by atoms with Crippen molar-refractivity contribution in [1.82, 2.24) is 10.2 Å². The molecule has 1 heterocycles. The number of benzene rings is 1. The fourth-order valence-electron chi connectivity index (χ4n) is 2.09. The molecular formula is C13H17N3O3. The number of hydrogen-bond donors (Lipinski definition) is 3. The Kier molecular flexibility index (Phi) is 3.09. The second kappa shape index (κ2) is 4.46. The number of carbonyl (C=O) groups is 2. The van der Waals surface area contributed by atoms with Crippen molar-refractivity contribution in [2.75, 3.05) is 18.8 Å². The fraction of sp³-hybridized carbons (Fsp3) is 0.385. The van der Waals surface area contributed by atoms with Crippen molar-refractivity contribution in [3.63, 3.8) is 0 Å². The van der Waals surface area contributed by atoms with Crippen molar-refractivity contribution < 1.29 is 14.7 Å². The summed E-state index contributed by atoms with van der Waals surface area (Å²) in [4.78, 5) is 25.7. The van der Waals surface area contributed by atoms with Gasteiger partial charge in [-0.15, -0.1) is 0 Å². The zero-order chi connectivity index (χ0) is 14.2. The first kappa shape index (κ1) is 13.2. The Hall–Kier alpha value is -2.24. The SMILES string of the molecule is CC1(C)C(=O)NCCN1C(=O)c1ccc(N)c(O)c1. The average molecular weight is 263 g/mol. The Labute approximate surface area is 111 Å². The minimum Gasteiger partial charge on any atom is -0.506 e. The van der Waals surface area contributed by atoms with Crippen molar-refractivity contribution in [3.8, 4) is 5.75 Å². The predicted octanol–water partition coefficient (Wildman–Crippen LogP) is 0.325. The number of carbonyl (C=O) groups excluding carboxylic acids is 2. The average Bonchev–Trinajstić information content (AvgIpc) is 2.35. The van der Waals surface area contributed by atoms with Crippen LogP contribution in [-0.4, -0.2) is 40.4 Å². The standard InChI is InChI=1S/C13H17N3O3/c1-13(2)12(19)15-5-6-16(13)11(18)8-3-4-9(14)10(17)7-8/h3-4,7,17H,5-6,14H2,1-2H3,(H,15,19). The first-order valence-electron chi connectivity index (χ1n) is 6.03. The van der Waals surface area contributed by atoms with E-state index in [2.05, 4.69) is 5.32 Å². The highest BCUT2D eigenvalue weighted by Gasteiger charge is 2.40. The predicted molar refractivity (Wildman–Crippen MR) is 70.6 cm³/mol. The van der Waals surface area contributed by atoms with Crippen molar-refractivity contribution in [3.05, 3.63) is 23.8 Å². The third-order valence-corrected chi connectivity index (χ3v) is 3.37. The van der Waals surface area contributed by atoms with Gasteiger partial charge in [-0.05, 0) is 32.0 Å². The highest BCUT2D eigenvalue weighted by molar-refractivity contribution is 6.00. The lowest BCUT2D eigenvalue weighted by molar-refractivity contribution is -0.133. The zero-order valence-corrected chi connectivity index (χ0v) is 10.9. The molecule has 1 saturated heterocycles. The molecule has 1 aliphatic heterocycles. The molecule has 19 heavy (non-hydrogen) atoms. The third kappa shape index (κ3) is 2.21. The van der Waals surface area contributed by atoms with Gasteiger partial charge in [-0.2, -0.15) is 0 Å². The van der Waals surface area contributed by atoms with E-state index in [0.29, 0.717) is 18.7 Å². The maximum Gasteiger partial charge on any atom is 0.254 e. The number of hydrogen-bond acceptors (Lipinski definition) is 4. The van der Waals surface area contributed by atoms with Crippen molar-refractivity contribution in [2.24, 2.45) is 0 Å². The summed E-state index contributed by atoms with van der Waals surface area (Å²) in [7, 11) is 0. The fourth-order valence-corrected chi connectivity index (χ4v) is 2.09. The molecule has 4 N–H and O–H groups in total. The van der Waals surface area contributed by atoms with Crippen molar-refractivity contribution >= 4 is 17.5 Å². The Balaban J connectivity index is 2.32. The van der Waals surface area contributed by atoms with Crippen LogP contribution in [0.2, 0.25) is 0 Å². The summed E-state index contributed by atoms with van der Waals surface area (Å²) in [5.41, 5.74) is 5.12. The normalized spacial score (nSPS) is 18.0. The summed E-state index contributed by atoms with van der Waals surface area (Å²) < 4.78 is 0. The summed E-state index contributed by atoms with van der Waals surface area (Å²) in [6.45, 7) is 4.24. The molecule has 0 unspecified atom stereocenters. The molecule has 0 spiro atoms. The molecule has 0 bridgehead atoms. The Morgan fingerprint density at radius 3 is 2.79 bits per heavy atom. The van der Waals surface area contributed by atoms with Gasteiger partial charge in [-0.25, -0.2) is 0 Å². The second-order valence-electron chi connectivity index (χ2n) is 5.05. The monoisotopic (exact) mass is 263 g/mol. The molecule has 0 aromatic heterocycles. The molecule has 0 radical (unpaired) electrons. The lowest BCUT2D eigenvalue weighted by Crippen LogP contribution is -2.63. The van der Waals surface area contributed by atoms with E-state index in [-0.39, 0.29) is 23.3 Å². The molecule has 102 valence electrons. The quantitative estimate of drug-likeness (QED) is 0.502. The summed E-state index contributed by atoms with van der Waals surface area (Å²) in [6.07, 6.45) is 0. The largest absolute Gasteiger partial charge is 0.506 e. The van der Waals surface area contributed by atoms with Crippen LogP contribution in [0.25, 0.3) is 0 Å². The number of nitrogens with one attached hydrogen (secondary N) is 1. The number of nitrogens with zero attached hydrogens (tertiary/aromatic N) is 1. The topological polar surface area (TPSA) is 95.7 Å². The molecule has 1 aliphatic rings. The van der Waals surface area contributed by atoms with Gasteiger partial charge in [0, 0.05) is 18.7 Å². The first-order valence-corrected chi connectivity index (χ1v) is 6.03. The minimum absolute atomic E-state index is 0.134. The Morgan fingerprint density at radius 2 is 2.16 bits per heavy atom. The van der Waals surface area contributed by atoms with Crippen LogP contribution in [0.3, 0.4) is 0 Å². The van der Waals surface area contributed by atoms with E-state index < -0.39 is 5.54 Å². The van der Waals surface area contributed by atoms with Crippen LogP contribution in [0.4, 0.5) is 5.69 Å². The molecule has 2 amide bonds. The van der Waals surface area contributed by atoms with E-state index in [9.17, 15) is 14.7 Å². The number of nitrogens with two attached hydrogens (primary N) is 1. The lowest BCUT2D eigenvalue weighted by Gasteiger charge is -2.41. The highest BCUT2D eigenvalue weighted by Crippen LogP contribution is 2.25. The number of aromatic hydroxyl groups is 1. The van der Waals surface area contributed by atoms with E-state index in [0.717, 1.165) is 0 Å². The maximum atomic E-state index is 12.4. The van der Waals surface area contributed by atoms with Gasteiger partial charge in [0.2, 0.25) is 5.91 Å². The van der Waals surface area contributed by atoms with Gasteiger partial charge in [0.25, 0.3) is 5.91 Å². The van der Waals surface area contributed by atoms with Crippen LogP contribution in [0.1, 0.15) is 24.2 Å². The van der Waals surface area contributed by atoms with E-state index in [1.807, 2.05) is 0 Å². The van der Waals surface area contributed by atoms with Gasteiger partial charge < -0.3 is 21.1 Å². The molecule has 6 nitrogen and oxygen atoms in total.